The summed E-state index contributed by atoms with van der Waals surface area (Å²) in [6.45, 7) is 3.68. The summed E-state index contributed by atoms with van der Waals surface area (Å²) in [5.74, 6) is 0.606. The first-order valence-corrected chi connectivity index (χ1v) is 4.23. The largest absolute Gasteiger partial charge is 0.325 e. The average molecular weight is 193 g/mol. The summed E-state index contributed by atoms with van der Waals surface area (Å²) in [5.41, 5.74) is 1.76. The topological polar surface area (TPSA) is 68.8 Å². The summed E-state index contributed by atoms with van der Waals surface area (Å²) in [4.78, 5) is 4.03. The molecule has 0 radical (unpaired) electrons. The molecule has 0 saturated heterocycles. The second-order valence-electron chi connectivity index (χ2n) is 3.07. The van der Waals surface area contributed by atoms with Crippen molar-refractivity contribution in [2.45, 2.75) is 13.8 Å². The van der Waals surface area contributed by atoms with E-state index < -0.39 is 0 Å². The number of aromatic nitrogens is 4. The second kappa shape index (κ2) is 3.13. The molecule has 2 aromatic rings. The number of nitrogens with zero attached hydrogens (tertiary/aromatic N) is 4. The number of anilines is 2. The van der Waals surface area contributed by atoms with E-state index in [0.29, 0.717) is 11.8 Å². The number of nitrogens with one attached hydrogen (secondary N) is 1. The summed E-state index contributed by atoms with van der Waals surface area (Å²) in [7, 11) is 1.86. The Labute approximate surface area is 80.9 Å². The lowest BCUT2D eigenvalue weighted by atomic mass is 10.4. The van der Waals surface area contributed by atoms with Crippen molar-refractivity contribution in [3.8, 4) is 0 Å². The molecule has 0 atom stereocenters. The van der Waals surface area contributed by atoms with Crippen molar-refractivity contribution < 1.29 is 4.52 Å². The summed E-state index contributed by atoms with van der Waals surface area (Å²) in [6.07, 6.45) is 1.86. The van der Waals surface area contributed by atoms with E-state index in [0.717, 1.165) is 11.4 Å². The van der Waals surface area contributed by atoms with Crippen LogP contribution in [0.5, 0.6) is 0 Å². The molecule has 1 N–H and O–H groups in total. The van der Waals surface area contributed by atoms with Gasteiger partial charge in [-0.15, -0.1) is 0 Å². The lowest BCUT2D eigenvalue weighted by Crippen LogP contribution is -1.90. The Balaban J connectivity index is 2.22. The first-order valence-electron chi connectivity index (χ1n) is 4.23. The Morgan fingerprint density at radius 2 is 2.21 bits per heavy atom. The van der Waals surface area contributed by atoms with Crippen LogP contribution in [0, 0.1) is 13.8 Å². The van der Waals surface area contributed by atoms with Gasteiger partial charge in [-0.05, 0) is 13.8 Å². The fourth-order valence-electron chi connectivity index (χ4n) is 1.19. The normalized spacial score (nSPS) is 10.5. The third-order valence-corrected chi connectivity index (χ3v) is 1.78. The third-order valence-electron chi connectivity index (χ3n) is 1.78. The van der Waals surface area contributed by atoms with Crippen molar-refractivity contribution in [3.63, 3.8) is 0 Å². The van der Waals surface area contributed by atoms with Crippen LogP contribution in [0.4, 0.5) is 11.7 Å². The molecule has 0 bridgehead atoms. The molecule has 0 aliphatic rings. The molecule has 2 heterocycles. The average Bonchev–Trinajstić information content (AvgIpc) is 2.61. The monoisotopic (exact) mass is 193 g/mol. The van der Waals surface area contributed by atoms with Gasteiger partial charge in [-0.25, -0.2) is 0 Å². The predicted octanol–water partition coefficient (Wildman–Crippen LogP) is 1.16. The Hall–Kier alpha value is -1.85. The highest BCUT2D eigenvalue weighted by atomic mass is 16.5. The summed E-state index contributed by atoms with van der Waals surface area (Å²) < 4.78 is 6.65. The van der Waals surface area contributed by atoms with E-state index in [-0.39, 0.29) is 0 Å². The standard InChI is InChI=1S/C8H11N5O/c1-5-7(4-13(3)11-5)10-8-9-6(2)12-14-8/h4H,1-3H3,(H,9,10,12). The molecule has 0 unspecified atom stereocenters. The van der Waals surface area contributed by atoms with E-state index in [1.807, 2.05) is 20.2 Å². The van der Waals surface area contributed by atoms with Crippen LogP contribution in [0.15, 0.2) is 10.7 Å². The molecule has 0 saturated carbocycles. The Morgan fingerprint density at radius 3 is 2.71 bits per heavy atom. The Bertz CT molecular complexity index is 444. The van der Waals surface area contributed by atoms with E-state index in [2.05, 4.69) is 20.6 Å². The van der Waals surface area contributed by atoms with Gasteiger partial charge in [0.2, 0.25) is 0 Å². The van der Waals surface area contributed by atoms with Crippen molar-refractivity contribution in [2.24, 2.45) is 7.05 Å². The Morgan fingerprint density at radius 1 is 1.43 bits per heavy atom. The van der Waals surface area contributed by atoms with E-state index in [1.54, 1.807) is 11.6 Å². The third kappa shape index (κ3) is 1.59. The van der Waals surface area contributed by atoms with Gasteiger partial charge in [0, 0.05) is 13.2 Å². The molecule has 14 heavy (non-hydrogen) atoms. The van der Waals surface area contributed by atoms with Gasteiger partial charge in [0.25, 0.3) is 0 Å². The van der Waals surface area contributed by atoms with E-state index in [4.69, 9.17) is 4.52 Å². The highest BCUT2D eigenvalue weighted by Gasteiger charge is 2.07. The summed E-state index contributed by atoms with van der Waals surface area (Å²) in [5, 5.41) is 10.8. The van der Waals surface area contributed by atoms with Crippen molar-refractivity contribution in [1.82, 2.24) is 19.9 Å². The van der Waals surface area contributed by atoms with Crippen LogP contribution in [0.25, 0.3) is 0 Å². The molecule has 2 rings (SSSR count). The van der Waals surface area contributed by atoms with Crippen LogP contribution < -0.4 is 5.32 Å². The molecule has 0 aliphatic heterocycles. The fourth-order valence-corrected chi connectivity index (χ4v) is 1.19. The number of hydrogen-bond acceptors (Lipinski definition) is 5. The zero-order chi connectivity index (χ0) is 10.1. The zero-order valence-electron chi connectivity index (χ0n) is 8.27. The first-order chi connectivity index (χ1) is 6.65. The van der Waals surface area contributed by atoms with Crippen LogP contribution in [-0.4, -0.2) is 19.9 Å². The molecule has 0 aliphatic carbocycles. The minimum absolute atomic E-state index is 0.388. The van der Waals surface area contributed by atoms with Crippen LogP contribution in [0.2, 0.25) is 0 Å². The maximum atomic E-state index is 4.92. The first kappa shape index (κ1) is 8.74. The van der Waals surface area contributed by atoms with Gasteiger partial charge in [0.1, 0.15) is 0 Å². The van der Waals surface area contributed by atoms with Crippen LogP contribution in [0.1, 0.15) is 11.5 Å². The number of rotatable bonds is 2. The van der Waals surface area contributed by atoms with Crippen molar-refractivity contribution in [3.05, 3.63) is 17.7 Å². The van der Waals surface area contributed by atoms with Gasteiger partial charge in [-0.1, -0.05) is 5.16 Å². The van der Waals surface area contributed by atoms with Crippen molar-refractivity contribution >= 4 is 11.7 Å². The van der Waals surface area contributed by atoms with Crippen LogP contribution in [-0.2, 0) is 7.05 Å². The molecular formula is C8H11N5O. The van der Waals surface area contributed by atoms with Crippen molar-refractivity contribution in [1.29, 1.82) is 0 Å². The minimum atomic E-state index is 0.388. The second-order valence-corrected chi connectivity index (χ2v) is 3.07. The lowest BCUT2D eigenvalue weighted by molar-refractivity contribution is 0.428. The smallest absolute Gasteiger partial charge is 0.315 e. The van der Waals surface area contributed by atoms with E-state index in [9.17, 15) is 0 Å². The van der Waals surface area contributed by atoms with Gasteiger partial charge in [0.05, 0.1) is 11.4 Å². The molecular weight excluding hydrogens is 182 g/mol. The highest BCUT2D eigenvalue weighted by molar-refractivity contribution is 5.53. The molecule has 0 aromatic carbocycles. The highest BCUT2D eigenvalue weighted by Crippen LogP contribution is 2.16. The summed E-state index contributed by atoms with van der Waals surface area (Å²) >= 11 is 0. The molecule has 0 amide bonds. The summed E-state index contributed by atoms with van der Waals surface area (Å²) in [6, 6.07) is 0.388. The van der Waals surface area contributed by atoms with Crippen LogP contribution >= 0.6 is 0 Å². The molecule has 0 spiro atoms. The van der Waals surface area contributed by atoms with Gasteiger partial charge < -0.3 is 9.84 Å². The van der Waals surface area contributed by atoms with Crippen LogP contribution in [0.3, 0.4) is 0 Å². The zero-order valence-corrected chi connectivity index (χ0v) is 8.27. The lowest BCUT2D eigenvalue weighted by Gasteiger charge is -1.95. The quantitative estimate of drug-likeness (QED) is 0.775. The van der Waals surface area contributed by atoms with E-state index >= 15 is 0 Å². The predicted molar refractivity (Wildman–Crippen MR) is 50.3 cm³/mol. The molecule has 6 nitrogen and oxygen atoms in total. The van der Waals surface area contributed by atoms with Crippen molar-refractivity contribution in [2.75, 3.05) is 5.32 Å². The minimum Gasteiger partial charge on any atom is -0.315 e. The van der Waals surface area contributed by atoms with Gasteiger partial charge >= 0.3 is 6.01 Å². The maximum Gasteiger partial charge on any atom is 0.325 e. The van der Waals surface area contributed by atoms with Gasteiger partial charge in [-0.2, -0.15) is 10.1 Å². The fraction of sp³-hybridized carbons (Fsp3) is 0.375. The molecule has 2 aromatic heterocycles. The maximum absolute atomic E-state index is 4.92. The molecule has 0 fully saturated rings. The molecule has 74 valence electrons. The van der Waals surface area contributed by atoms with E-state index in [1.165, 1.54) is 0 Å². The van der Waals surface area contributed by atoms with Gasteiger partial charge in [0.15, 0.2) is 5.82 Å². The number of hydrogen-bond donors (Lipinski definition) is 1. The molecule has 6 heteroatoms. The van der Waals surface area contributed by atoms with Gasteiger partial charge in [-0.3, -0.25) is 4.68 Å². The Kier molecular flexibility index (Phi) is 1.95. The SMILES string of the molecule is Cc1noc(Nc2cn(C)nc2C)n1. The number of aryl methyl sites for hydroxylation is 3.